The Kier molecular flexibility index (Phi) is 6.87. The molecule has 0 aliphatic rings. The van der Waals surface area contributed by atoms with E-state index in [4.69, 9.17) is 4.74 Å². The van der Waals surface area contributed by atoms with Gasteiger partial charge in [-0.3, -0.25) is 0 Å². The molecule has 0 saturated heterocycles. The van der Waals surface area contributed by atoms with E-state index in [-0.39, 0.29) is 0 Å². The van der Waals surface area contributed by atoms with Crippen LogP contribution in [0.15, 0.2) is 22.7 Å². The molecule has 108 valence electrons. The highest BCUT2D eigenvalue weighted by molar-refractivity contribution is 9.10. The molecular weight excluding hydrogens is 302 g/mol. The molecule has 0 spiro atoms. The lowest BCUT2D eigenvalue weighted by atomic mass is 9.83. The van der Waals surface area contributed by atoms with Crippen molar-refractivity contribution in [3.63, 3.8) is 0 Å². The molecular formula is C16H26BrNO. The van der Waals surface area contributed by atoms with Gasteiger partial charge in [-0.05, 0) is 71.4 Å². The summed E-state index contributed by atoms with van der Waals surface area (Å²) in [6.07, 6.45) is 3.54. The largest absolute Gasteiger partial charge is 0.496 e. The van der Waals surface area contributed by atoms with Gasteiger partial charge in [0.05, 0.1) is 11.6 Å². The molecule has 0 aliphatic carbocycles. The smallest absolute Gasteiger partial charge is 0.133 e. The van der Waals surface area contributed by atoms with Crippen molar-refractivity contribution in [1.82, 2.24) is 5.32 Å². The van der Waals surface area contributed by atoms with Gasteiger partial charge in [-0.25, -0.2) is 0 Å². The monoisotopic (exact) mass is 327 g/mol. The Balaban J connectivity index is 2.49. The van der Waals surface area contributed by atoms with Crippen LogP contribution in [0.2, 0.25) is 0 Å². The van der Waals surface area contributed by atoms with E-state index in [9.17, 15) is 0 Å². The van der Waals surface area contributed by atoms with E-state index >= 15 is 0 Å². The maximum atomic E-state index is 5.26. The Morgan fingerprint density at radius 1 is 1.26 bits per heavy atom. The van der Waals surface area contributed by atoms with E-state index in [0.29, 0.717) is 5.41 Å². The predicted molar refractivity (Wildman–Crippen MR) is 86.0 cm³/mol. The second-order valence-electron chi connectivity index (χ2n) is 5.74. The summed E-state index contributed by atoms with van der Waals surface area (Å²) >= 11 is 3.54. The van der Waals surface area contributed by atoms with E-state index < -0.39 is 0 Å². The lowest BCUT2D eigenvalue weighted by Gasteiger charge is -2.24. The van der Waals surface area contributed by atoms with Gasteiger partial charge in [0.2, 0.25) is 0 Å². The van der Waals surface area contributed by atoms with Crippen molar-refractivity contribution in [1.29, 1.82) is 0 Å². The van der Waals surface area contributed by atoms with Crippen molar-refractivity contribution in [2.24, 2.45) is 5.41 Å². The Morgan fingerprint density at radius 3 is 2.58 bits per heavy atom. The van der Waals surface area contributed by atoms with E-state index in [1.807, 2.05) is 6.07 Å². The van der Waals surface area contributed by atoms with Crippen molar-refractivity contribution in [3.05, 3.63) is 28.2 Å². The van der Waals surface area contributed by atoms with Gasteiger partial charge in [0.15, 0.2) is 0 Å². The van der Waals surface area contributed by atoms with Crippen LogP contribution in [-0.2, 0) is 6.42 Å². The maximum absolute atomic E-state index is 5.26. The van der Waals surface area contributed by atoms with Crippen LogP contribution in [0.3, 0.4) is 0 Å². The number of rotatable bonds is 8. The van der Waals surface area contributed by atoms with Crippen molar-refractivity contribution < 1.29 is 4.74 Å². The van der Waals surface area contributed by atoms with Gasteiger partial charge in [-0.2, -0.15) is 0 Å². The number of hydrogen-bond acceptors (Lipinski definition) is 2. The van der Waals surface area contributed by atoms with Gasteiger partial charge < -0.3 is 10.1 Å². The number of ether oxygens (including phenoxy) is 1. The fourth-order valence-electron chi connectivity index (χ4n) is 2.08. The van der Waals surface area contributed by atoms with Gasteiger partial charge in [0, 0.05) is 0 Å². The summed E-state index contributed by atoms with van der Waals surface area (Å²) in [6.45, 7) is 9.02. The molecule has 0 fully saturated rings. The van der Waals surface area contributed by atoms with E-state index in [1.165, 1.54) is 18.4 Å². The van der Waals surface area contributed by atoms with Gasteiger partial charge >= 0.3 is 0 Å². The zero-order valence-corrected chi connectivity index (χ0v) is 14.1. The van der Waals surface area contributed by atoms with Crippen molar-refractivity contribution >= 4 is 15.9 Å². The summed E-state index contributed by atoms with van der Waals surface area (Å²) in [5, 5.41) is 3.40. The SMILES string of the molecule is CCNCCC(C)(C)CCc1ccc(OC)c(Br)c1. The molecule has 0 atom stereocenters. The van der Waals surface area contributed by atoms with Gasteiger partial charge in [0.1, 0.15) is 5.75 Å². The molecule has 0 heterocycles. The summed E-state index contributed by atoms with van der Waals surface area (Å²) in [5.41, 5.74) is 1.75. The van der Waals surface area contributed by atoms with E-state index in [1.54, 1.807) is 7.11 Å². The van der Waals surface area contributed by atoms with Crippen LogP contribution in [-0.4, -0.2) is 20.2 Å². The van der Waals surface area contributed by atoms with Crippen LogP contribution in [0, 0.1) is 5.41 Å². The van der Waals surface area contributed by atoms with Crippen molar-refractivity contribution in [3.8, 4) is 5.75 Å². The van der Waals surface area contributed by atoms with Crippen LogP contribution in [0.1, 0.15) is 39.2 Å². The topological polar surface area (TPSA) is 21.3 Å². The molecule has 1 N–H and O–H groups in total. The summed E-state index contributed by atoms with van der Waals surface area (Å²) in [6, 6.07) is 6.36. The number of hydrogen-bond donors (Lipinski definition) is 1. The van der Waals surface area contributed by atoms with Crippen molar-refractivity contribution in [2.75, 3.05) is 20.2 Å². The highest BCUT2D eigenvalue weighted by Crippen LogP contribution is 2.29. The number of benzene rings is 1. The van der Waals surface area contributed by atoms with Crippen molar-refractivity contribution in [2.45, 2.75) is 40.0 Å². The fourth-order valence-corrected chi connectivity index (χ4v) is 2.66. The quantitative estimate of drug-likeness (QED) is 0.714. The van der Waals surface area contributed by atoms with Gasteiger partial charge in [-0.15, -0.1) is 0 Å². The maximum Gasteiger partial charge on any atom is 0.133 e. The number of aryl methyl sites for hydroxylation is 1. The Morgan fingerprint density at radius 2 is 2.00 bits per heavy atom. The third-order valence-corrected chi connectivity index (χ3v) is 4.15. The first-order chi connectivity index (χ1) is 8.98. The minimum atomic E-state index is 0.384. The molecule has 0 radical (unpaired) electrons. The second-order valence-corrected chi connectivity index (χ2v) is 6.59. The minimum Gasteiger partial charge on any atom is -0.496 e. The molecule has 1 aromatic carbocycles. The Hall–Kier alpha value is -0.540. The third kappa shape index (κ3) is 5.96. The molecule has 0 saturated carbocycles. The molecule has 1 aromatic rings. The average Bonchev–Trinajstić information content (AvgIpc) is 2.37. The molecule has 0 bridgehead atoms. The highest BCUT2D eigenvalue weighted by Gasteiger charge is 2.17. The van der Waals surface area contributed by atoms with Crippen LogP contribution in [0.25, 0.3) is 0 Å². The standard InChI is InChI=1S/C16H26BrNO/c1-5-18-11-10-16(2,3)9-8-13-6-7-15(19-4)14(17)12-13/h6-7,12,18H,5,8-11H2,1-4H3. The molecule has 0 aliphatic heterocycles. The zero-order valence-electron chi connectivity index (χ0n) is 12.6. The van der Waals surface area contributed by atoms with Gasteiger partial charge in [0.25, 0.3) is 0 Å². The molecule has 2 nitrogen and oxygen atoms in total. The molecule has 0 unspecified atom stereocenters. The van der Waals surface area contributed by atoms with Crippen LogP contribution < -0.4 is 10.1 Å². The molecule has 19 heavy (non-hydrogen) atoms. The molecule has 3 heteroatoms. The zero-order chi connectivity index (χ0) is 14.3. The fraction of sp³-hybridized carbons (Fsp3) is 0.625. The lowest BCUT2D eigenvalue weighted by molar-refractivity contribution is 0.303. The summed E-state index contributed by atoms with van der Waals surface area (Å²) in [4.78, 5) is 0. The second kappa shape index (κ2) is 7.91. The van der Waals surface area contributed by atoms with Crippen LogP contribution in [0.5, 0.6) is 5.75 Å². The van der Waals surface area contributed by atoms with Crippen LogP contribution >= 0.6 is 15.9 Å². The normalized spacial score (nSPS) is 11.6. The first-order valence-electron chi connectivity index (χ1n) is 7.01. The lowest BCUT2D eigenvalue weighted by Crippen LogP contribution is -2.22. The summed E-state index contributed by atoms with van der Waals surface area (Å²) in [5.74, 6) is 0.898. The number of nitrogens with one attached hydrogen (secondary N) is 1. The first-order valence-corrected chi connectivity index (χ1v) is 7.81. The van der Waals surface area contributed by atoms with Crippen LogP contribution in [0.4, 0.5) is 0 Å². The summed E-state index contributed by atoms with van der Waals surface area (Å²) < 4.78 is 6.30. The molecule has 1 rings (SSSR count). The highest BCUT2D eigenvalue weighted by atomic mass is 79.9. The van der Waals surface area contributed by atoms with E-state index in [0.717, 1.165) is 29.7 Å². The number of methoxy groups -OCH3 is 1. The Bertz CT molecular complexity index is 390. The summed E-state index contributed by atoms with van der Waals surface area (Å²) in [7, 11) is 1.70. The Labute approximate surface area is 126 Å². The molecule has 0 aromatic heterocycles. The molecule has 0 amide bonds. The average molecular weight is 328 g/mol. The minimum absolute atomic E-state index is 0.384. The van der Waals surface area contributed by atoms with Gasteiger partial charge in [-0.1, -0.05) is 26.8 Å². The predicted octanol–water partition coefficient (Wildman–Crippen LogP) is 4.42. The first kappa shape index (κ1) is 16.5. The third-order valence-electron chi connectivity index (χ3n) is 3.54. The van der Waals surface area contributed by atoms with E-state index in [2.05, 4.69) is 54.2 Å². The number of halogens is 1.